The highest BCUT2D eigenvalue weighted by Gasteiger charge is 2.66. The van der Waals surface area contributed by atoms with Crippen LogP contribution in [0.25, 0.3) is 5.69 Å². The lowest BCUT2D eigenvalue weighted by Gasteiger charge is -2.66. The van der Waals surface area contributed by atoms with Crippen LogP contribution in [-0.4, -0.2) is 63.8 Å². The fraction of sp³-hybridized carbons (Fsp3) is 0.720. The number of ether oxygens (including phenoxy) is 1. The van der Waals surface area contributed by atoms with E-state index in [1.807, 2.05) is 35.9 Å². The minimum Gasteiger partial charge on any atom is -0.481 e. The first kappa shape index (κ1) is 46.3. The molecule has 1 heterocycles. The first-order chi connectivity index (χ1) is 28.0. The summed E-state index contributed by atoms with van der Waals surface area (Å²) in [5.74, 6) is -0.0725. The van der Waals surface area contributed by atoms with Gasteiger partial charge in [0, 0.05) is 34.4 Å². The van der Waals surface area contributed by atoms with E-state index in [-0.39, 0.29) is 51.9 Å². The first-order valence-corrected chi connectivity index (χ1v) is 23.3. The normalized spacial score (nSPS) is 28.8. The Balaban J connectivity index is 1.38. The predicted molar refractivity (Wildman–Crippen MR) is 240 cm³/mol. The molecular weight excluding hydrogens is 774 g/mol. The van der Waals surface area contributed by atoms with E-state index < -0.39 is 22.8 Å². The summed E-state index contributed by atoms with van der Waals surface area (Å²) in [4.78, 5) is 56.5. The van der Waals surface area contributed by atoms with Crippen molar-refractivity contribution in [3.05, 3.63) is 62.0 Å². The summed E-state index contributed by atoms with van der Waals surface area (Å²) in [6.45, 7) is 22.6. The molecule has 7 atom stereocenters. The topological polar surface area (TPSA) is 111 Å². The second kappa shape index (κ2) is 16.8. The summed E-state index contributed by atoms with van der Waals surface area (Å²) in [6.07, 6.45) is 9.67. The molecule has 0 radical (unpaired) electrons. The van der Waals surface area contributed by atoms with Gasteiger partial charge in [0.2, 0.25) is 0 Å². The van der Waals surface area contributed by atoms with E-state index in [0.717, 1.165) is 93.3 Å². The second-order valence-electron chi connectivity index (χ2n) is 21.6. The molecule has 1 aromatic carbocycles. The smallest absolute Gasteiger partial charge is 0.309 e. The highest BCUT2D eigenvalue weighted by Crippen LogP contribution is 2.73. The van der Waals surface area contributed by atoms with E-state index in [1.165, 1.54) is 5.57 Å². The van der Waals surface area contributed by atoms with Crippen LogP contribution < -0.4 is 5.56 Å². The molecule has 2 aromatic rings. The van der Waals surface area contributed by atoms with Crippen molar-refractivity contribution in [1.29, 1.82) is 0 Å². The molecule has 10 heteroatoms. The molecule has 3 saturated carbocycles. The largest absolute Gasteiger partial charge is 0.481 e. The lowest BCUT2D eigenvalue weighted by molar-refractivity contribution is -0.172. The van der Waals surface area contributed by atoms with Gasteiger partial charge in [0.05, 0.1) is 29.8 Å². The maximum atomic E-state index is 14.6. The SMILES string of the molecule is CCCC[C@H](OC(=O)CC(C)(C)C(=O)O)C(C)(C)[C@@H]1CC[C@]2(C)[C@H](CC[C@@H]3C4=C(C(C)C)C(=O)C[C@]4(c4c(C)c(=O)n(-c5ccc(Cl)cc5)n4CCN(C)C)CC[C@]32C)C1. The lowest BCUT2D eigenvalue weighted by atomic mass is 9.38. The number of esters is 1. The highest BCUT2D eigenvalue weighted by atomic mass is 35.5. The van der Waals surface area contributed by atoms with Crippen molar-refractivity contribution in [2.45, 2.75) is 164 Å². The van der Waals surface area contributed by atoms with Crippen LogP contribution in [0.4, 0.5) is 0 Å². The molecule has 4 aliphatic rings. The molecule has 0 saturated heterocycles. The number of hydrogen-bond donors (Lipinski definition) is 1. The number of ketones is 1. The Hall–Kier alpha value is -3.17. The van der Waals surface area contributed by atoms with Crippen molar-refractivity contribution in [3.8, 4) is 5.69 Å². The molecule has 0 spiro atoms. The minimum atomic E-state index is -1.19. The van der Waals surface area contributed by atoms with Gasteiger partial charge in [-0.15, -0.1) is 0 Å². The third kappa shape index (κ3) is 7.79. The summed E-state index contributed by atoms with van der Waals surface area (Å²) in [5.41, 5.74) is 2.77. The Morgan fingerprint density at radius 1 is 1.00 bits per heavy atom. The van der Waals surface area contributed by atoms with Gasteiger partial charge in [-0.1, -0.05) is 72.9 Å². The average molecular weight is 849 g/mol. The van der Waals surface area contributed by atoms with E-state index in [4.69, 9.17) is 16.3 Å². The lowest BCUT2D eigenvalue weighted by Crippen LogP contribution is -2.59. The van der Waals surface area contributed by atoms with E-state index in [9.17, 15) is 24.3 Å². The predicted octanol–water partition coefficient (Wildman–Crippen LogP) is 10.6. The summed E-state index contributed by atoms with van der Waals surface area (Å²) < 4.78 is 10.3. The Morgan fingerprint density at radius 2 is 1.67 bits per heavy atom. The number of nitrogens with zero attached hydrogens (tertiary/aromatic N) is 3. The molecule has 9 nitrogen and oxygen atoms in total. The number of likely N-dealkylation sites (N-methyl/N-ethyl adjacent to an activating group) is 1. The van der Waals surface area contributed by atoms with Gasteiger partial charge in [-0.05, 0) is 156 Å². The molecule has 6 rings (SSSR count). The van der Waals surface area contributed by atoms with E-state index in [2.05, 4.69) is 72.1 Å². The minimum absolute atomic E-state index is 0.0331. The van der Waals surface area contributed by atoms with E-state index in [0.29, 0.717) is 29.8 Å². The number of unbranched alkanes of at least 4 members (excludes halogenated alkanes) is 1. The van der Waals surface area contributed by atoms with Gasteiger partial charge in [0.15, 0.2) is 5.78 Å². The van der Waals surface area contributed by atoms with Gasteiger partial charge >= 0.3 is 11.9 Å². The average Bonchev–Trinajstić information content (AvgIpc) is 3.61. The van der Waals surface area contributed by atoms with Crippen LogP contribution >= 0.6 is 11.6 Å². The number of halogens is 1. The molecule has 1 aromatic heterocycles. The van der Waals surface area contributed by atoms with Crippen LogP contribution in [0.15, 0.2) is 40.2 Å². The van der Waals surface area contributed by atoms with E-state index in [1.54, 1.807) is 13.8 Å². The van der Waals surface area contributed by atoms with Crippen molar-refractivity contribution in [2.24, 2.45) is 45.3 Å². The zero-order valence-electron chi connectivity index (χ0n) is 38.8. The van der Waals surface area contributed by atoms with Crippen molar-refractivity contribution in [3.63, 3.8) is 0 Å². The van der Waals surface area contributed by atoms with Crippen LogP contribution in [0.3, 0.4) is 0 Å². The molecule has 0 aliphatic heterocycles. The van der Waals surface area contributed by atoms with Gasteiger partial charge < -0.3 is 14.7 Å². The van der Waals surface area contributed by atoms with Crippen LogP contribution in [0.2, 0.25) is 5.02 Å². The third-order valence-corrected chi connectivity index (χ3v) is 17.0. The van der Waals surface area contributed by atoms with Gasteiger partial charge in [-0.25, -0.2) is 4.68 Å². The number of hydrogen-bond acceptors (Lipinski definition) is 6. The third-order valence-electron chi connectivity index (χ3n) is 16.7. The molecule has 3 fully saturated rings. The molecule has 0 unspecified atom stereocenters. The fourth-order valence-corrected chi connectivity index (χ4v) is 12.9. The molecule has 60 heavy (non-hydrogen) atoms. The number of carboxylic acid groups (broad SMARTS) is 1. The molecule has 332 valence electrons. The number of carbonyl (C=O) groups is 3. The van der Waals surface area contributed by atoms with Crippen LogP contribution in [-0.2, 0) is 31.1 Å². The Morgan fingerprint density at radius 3 is 2.27 bits per heavy atom. The number of fused-ring (bicyclic) bond motifs is 5. The van der Waals surface area contributed by atoms with Crippen LogP contribution in [0, 0.1) is 52.3 Å². The molecule has 1 N–H and O–H groups in total. The highest BCUT2D eigenvalue weighted by molar-refractivity contribution is 6.30. The quantitative estimate of drug-likeness (QED) is 0.178. The standard InChI is InChI=1S/C50H74ClN3O6/c1-13-14-15-39(60-40(56)30-46(5,6)45(58)59)47(7,8)33-22-23-48(9)34(28-33)16-21-37-42-41(31(2)3)38(55)29-50(42,25-24-49(37,48)10)43-32(4)44(57)54(53(43)27-26-52(11)12)36-19-17-35(51)18-20-36/h17-20,31,33-34,37,39H,13-16,21-30H2,1-12H3,(H,58,59)/t33-,34-,37-,39+,48-,49-,50-/m1/s1. The number of carbonyl (C=O) groups excluding carboxylic acids is 2. The summed E-state index contributed by atoms with van der Waals surface area (Å²) in [6, 6.07) is 7.51. The number of rotatable bonds is 15. The van der Waals surface area contributed by atoms with Crippen molar-refractivity contribution in [1.82, 2.24) is 14.3 Å². The second-order valence-corrected chi connectivity index (χ2v) is 22.0. The zero-order valence-corrected chi connectivity index (χ0v) is 39.6. The van der Waals surface area contributed by atoms with E-state index >= 15 is 0 Å². The number of Topliss-reactive ketones (excluding diaryl/α,β-unsaturated/α-hetero) is 1. The molecular formula is C50H74ClN3O6. The Labute approximate surface area is 364 Å². The number of benzene rings is 1. The Kier molecular flexibility index (Phi) is 13.0. The monoisotopic (exact) mass is 848 g/mol. The maximum Gasteiger partial charge on any atom is 0.309 e. The number of aliphatic carboxylic acids is 1. The summed E-state index contributed by atoms with van der Waals surface area (Å²) in [7, 11) is 4.12. The summed E-state index contributed by atoms with van der Waals surface area (Å²) >= 11 is 6.34. The van der Waals surface area contributed by atoms with Gasteiger partial charge in [-0.2, -0.15) is 0 Å². The van der Waals surface area contributed by atoms with Gasteiger partial charge in [-0.3, -0.25) is 23.9 Å². The van der Waals surface area contributed by atoms with Gasteiger partial charge in [0.1, 0.15) is 6.10 Å². The number of carboxylic acids is 1. The zero-order chi connectivity index (χ0) is 44.3. The maximum absolute atomic E-state index is 14.6. The number of allylic oxidation sites excluding steroid dienone is 2. The first-order valence-electron chi connectivity index (χ1n) is 22.9. The van der Waals surface area contributed by atoms with Gasteiger partial charge in [0.25, 0.3) is 5.56 Å². The van der Waals surface area contributed by atoms with Crippen molar-refractivity contribution >= 4 is 29.3 Å². The fourth-order valence-electron chi connectivity index (χ4n) is 12.8. The van der Waals surface area contributed by atoms with Crippen LogP contribution in [0.1, 0.15) is 151 Å². The summed E-state index contributed by atoms with van der Waals surface area (Å²) in [5, 5.41) is 10.3. The number of aromatic nitrogens is 2. The molecule has 0 bridgehead atoms. The van der Waals surface area contributed by atoms with Crippen LogP contribution in [0.5, 0.6) is 0 Å². The molecule has 4 aliphatic carbocycles. The Bertz CT molecular complexity index is 2060. The van der Waals surface area contributed by atoms with Crippen molar-refractivity contribution < 1.29 is 24.2 Å². The molecule has 0 amide bonds. The van der Waals surface area contributed by atoms with Crippen molar-refractivity contribution in [2.75, 3.05) is 20.6 Å².